The van der Waals surface area contributed by atoms with Crippen LogP contribution >= 0.6 is 0 Å². The van der Waals surface area contributed by atoms with Crippen molar-refractivity contribution in [2.24, 2.45) is 5.73 Å². The fourth-order valence-corrected chi connectivity index (χ4v) is 2.79. The Morgan fingerprint density at radius 3 is 2.86 bits per heavy atom. The third-order valence-electron chi connectivity index (χ3n) is 4.19. The first-order valence-electron chi connectivity index (χ1n) is 7.90. The summed E-state index contributed by atoms with van der Waals surface area (Å²) in [4.78, 5) is 16.4. The number of aryl methyl sites for hydroxylation is 1. The van der Waals surface area contributed by atoms with Crippen LogP contribution in [-0.4, -0.2) is 21.5 Å². The third-order valence-corrected chi connectivity index (χ3v) is 4.19. The quantitative estimate of drug-likeness (QED) is 0.911. The Morgan fingerprint density at radius 2 is 2.14 bits per heavy atom. The third kappa shape index (κ3) is 2.90. The number of hydrogen-bond donors (Lipinski definition) is 2. The number of nitrogens with two attached hydrogens (primary N) is 1. The molecule has 0 saturated heterocycles. The van der Waals surface area contributed by atoms with Crippen LogP contribution in [0.25, 0.3) is 11.4 Å². The van der Waals surface area contributed by atoms with Crippen LogP contribution in [0.5, 0.6) is 0 Å². The van der Waals surface area contributed by atoms with E-state index in [1.807, 2.05) is 37.4 Å². The minimum atomic E-state index is -0.459. The van der Waals surface area contributed by atoms with E-state index >= 15 is 0 Å². The number of benzene rings is 1. The number of carbonyl (C=O) groups is 1. The van der Waals surface area contributed by atoms with Crippen molar-refractivity contribution < 1.29 is 4.79 Å². The van der Waals surface area contributed by atoms with Gasteiger partial charge in [0.05, 0.1) is 6.04 Å². The number of aromatic nitrogens is 2. The molecule has 5 nitrogen and oxygen atoms in total. The van der Waals surface area contributed by atoms with Crippen LogP contribution in [0, 0.1) is 0 Å². The highest BCUT2D eigenvalue weighted by atomic mass is 16.2. The Hall–Kier alpha value is -2.14. The van der Waals surface area contributed by atoms with Crippen molar-refractivity contribution in [2.75, 3.05) is 5.32 Å². The maximum Gasteiger partial charge on any atom is 0.241 e. The zero-order chi connectivity index (χ0) is 15.5. The van der Waals surface area contributed by atoms with Crippen molar-refractivity contribution in [1.29, 1.82) is 0 Å². The molecule has 1 atom stereocenters. The highest BCUT2D eigenvalue weighted by Gasteiger charge is 2.15. The largest absolute Gasteiger partial charge is 0.328 e. The zero-order valence-corrected chi connectivity index (χ0v) is 12.9. The van der Waals surface area contributed by atoms with E-state index in [0.29, 0.717) is 6.42 Å². The van der Waals surface area contributed by atoms with Gasteiger partial charge < -0.3 is 15.6 Å². The predicted octanol–water partition coefficient (Wildman–Crippen LogP) is 2.56. The SMILES string of the molecule is CC[C@H](N)C(=O)Nc1ccc(-c2ncc3n2CCCC3)cc1. The van der Waals surface area contributed by atoms with Gasteiger partial charge in [-0.15, -0.1) is 0 Å². The van der Waals surface area contributed by atoms with E-state index in [1.165, 1.54) is 18.5 Å². The Bertz CT molecular complexity index is 660. The van der Waals surface area contributed by atoms with Gasteiger partial charge in [0.1, 0.15) is 5.82 Å². The van der Waals surface area contributed by atoms with Crippen molar-refractivity contribution in [3.8, 4) is 11.4 Å². The Balaban J connectivity index is 1.77. The number of fused-ring (bicyclic) bond motifs is 1. The van der Waals surface area contributed by atoms with Gasteiger partial charge in [0.15, 0.2) is 0 Å². The molecule has 2 heterocycles. The molecular formula is C17H22N4O. The molecule has 1 aromatic heterocycles. The van der Waals surface area contributed by atoms with E-state index in [-0.39, 0.29) is 5.91 Å². The summed E-state index contributed by atoms with van der Waals surface area (Å²) in [5, 5.41) is 2.84. The fourth-order valence-electron chi connectivity index (χ4n) is 2.79. The molecule has 22 heavy (non-hydrogen) atoms. The topological polar surface area (TPSA) is 72.9 Å². The number of nitrogens with one attached hydrogen (secondary N) is 1. The van der Waals surface area contributed by atoms with Crippen LogP contribution in [-0.2, 0) is 17.8 Å². The molecule has 0 aliphatic carbocycles. The number of nitrogens with zero attached hydrogens (tertiary/aromatic N) is 2. The Morgan fingerprint density at radius 1 is 1.36 bits per heavy atom. The Labute approximate surface area is 130 Å². The highest BCUT2D eigenvalue weighted by Crippen LogP contribution is 2.25. The number of imidazole rings is 1. The lowest BCUT2D eigenvalue weighted by Gasteiger charge is -2.16. The number of anilines is 1. The lowest BCUT2D eigenvalue weighted by atomic mass is 10.1. The molecule has 1 aliphatic rings. The van der Waals surface area contributed by atoms with Crippen LogP contribution in [0.2, 0.25) is 0 Å². The van der Waals surface area contributed by atoms with E-state index in [2.05, 4.69) is 14.9 Å². The van der Waals surface area contributed by atoms with Gasteiger partial charge in [0.2, 0.25) is 5.91 Å². The minimum absolute atomic E-state index is 0.145. The fraction of sp³-hybridized carbons (Fsp3) is 0.412. The van der Waals surface area contributed by atoms with E-state index in [4.69, 9.17) is 5.73 Å². The summed E-state index contributed by atoms with van der Waals surface area (Å²) in [7, 11) is 0. The van der Waals surface area contributed by atoms with Gasteiger partial charge in [0, 0.05) is 29.7 Å². The van der Waals surface area contributed by atoms with Gasteiger partial charge in [-0.05, 0) is 49.9 Å². The maximum atomic E-state index is 11.8. The van der Waals surface area contributed by atoms with Crippen molar-refractivity contribution in [1.82, 2.24) is 9.55 Å². The minimum Gasteiger partial charge on any atom is -0.328 e. The van der Waals surface area contributed by atoms with Crippen molar-refractivity contribution in [3.05, 3.63) is 36.2 Å². The Kier molecular flexibility index (Phi) is 4.24. The van der Waals surface area contributed by atoms with Gasteiger partial charge in [-0.1, -0.05) is 6.92 Å². The molecule has 0 radical (unpaired) electrons. The molecule has 0 unspecified atom stereocenters. The predicted molar refractivity (Wildman–Crippen MR) is 87.5 cm³/mol. The van der Waals surface area contributed by atoms with E-state index in [0.717, 1.165) is 30.0 Å². The van der Waals surface area contributed by atoms with Crippen LogP contribution in [0.15, 0.2) is 30.5 Å². The molecule has 1 aromatic carbocycles. The summed E-state index contributed by atoms with van der Waals surface area (Å²) < 4.78 is 2.30. The summed E-state index contributed by atoms with van der Waals surface area (Å²) in [6, 6.07) is 7.34. The maximum absolute atomic E-state index is 11.8. The van der Waals surface area contributed by atoms with Gasteiger partial charge >= 0.3 is 0 Å². The zero-order valence-electron chi connectivity index (χ0n) is 12.9. The van der Waals surface area contributed by atoms with E-state index in [1.54, 1.807) is 0 Å². The summed E-state index contributed by atoms with van der Waals surface area (Å²) in [6.45, 7) is 2.93. The van der Waals surface area contributed by atoms with E-state index in [9.17, 15) is 4.79 Å². The van der Waals surface area contributed by atoms with Crippen molar-refractivity contribution >= 4 is 11.6 Å². The van der Waals surface area contributed by atoms with Gasteiger partial charge in [-0.25, -0.2) is 4.98 Å². The molecule has 1 aliphatic heterocycles. The second-order valence-electron chi connectivity index (χ2n) is 5.76. The molecule has 5 heteroatoms. The van der Waals surface area contributed by atoms with Gasteiger partial charge in [0.25, 0.3) is 0 Å². The molecule has 3 N–H and O–H groups in total. The summed E-state index contributed by atoms with van der Waals surface area (Å²) in [5.74, 6) is 0.867. The molecule has 2 aromatic rings. The van der Waals surface area contributed by atoms with Gasteiger partial charge in [-0.2, -0.15) is 0 Å². The second-order valence-corrected chi connectivity index (χ2v) is 5.76. The van der Waals surface area contributed by atoms with Gasteiger partial charge in [-0.3, -0.25) is 4.79 Å². The highest BCUT2D eigenvalue weighted by molar-refractivity contribution is 5.94. The number of carbonyl (C=O) groups excluding carboxylic acids is 1. The first-order valence-corrected chi connectivity index (χ1v) is 7.90. The molecule has 0 bridgehead atoms. The smallest absolute Gasteiger partial charge is 0.241 e. The molecule has 3 rings (SSSR count). The normalized spacial score (nSPS) is 15.2. The molecule has 0 saturated carbocycles. The molecule has 116 valence electrons. The first-order chi connectivity index (χ1) is 10.7. The molecular weight excluding hydrogens is 276 g/mol. The molecule has 0 spiro atoms. The molecule has 1 amide bonds. The van der Waals surface area contributed by atoms with Crippen LogP contribution in [0.3, 0.4) is 0 Å². The van der Waals surface area contributed by atoms with Crippen LogP contribution in [0.1, 0.15) is 31.9 Å². The molecule has 0 fully saturated rings. The number of rotatable bonds is 4. The average Bonchev–Trinajstić information content (AvgIpc) is 2.99. The van der Waals surface area contributed by atoms with Crippen molar-refractivity contribution in [3.63, 3.8) is 0 Å². The van der Waals surface area contributed by atoms with E-state index < -0.39 is 6.04 Å². The second kappa shape index (κ2) is 6.32. The monoisotopic (exact) mass is 298 g/mol. The summed E-state index contributed by atoms with van der Waals surface area (Å²) in [5.41, 5.74) is 8.88. The standard InChI is InChI=1S/C17H22N4O/c1-2-15(18)17(22)20-13-8-6-12(7-9-13)16-19-11-14-5-3-4-10-21(14)16/h6-9,11,15H,2-5,10,18H2,1H3,(H,20,22)/t15-/m0/s1. The van der Waals surface area contributed by atoms with Crippen LogP contribution < -0.4 is 11.1 Å². The summed E-state index contributed by atoms with van der Waals surface area (Å²) in [6.07, 6.45) is 6.16. The lowest BCUT2D eigenvalue weighted by Crippen LogP contribution is -2.34. The van der Waals surface area contributed by atoms with Crippen molar-refractivity contribution in [2.45, 2.75) is 45.2 Å². The summed E-state index contributed by atoms with van der Waals surface area (Å²) >= 11 is 0. The average molecular weight is 298 g/mol. The number of hydrogen-bond acceptors (Lipinski definition) is 3. The lowest BCUT2D eigenvalue weighted by molar-refractivity contribution is -0.117. The van der Waals surface area contributed by atoms with Crippen LogP contribution in [0.4, 0.5) is 5.69 Å². The first kappa shape index (κ1) is 14.8. The number of amides is 1.